The summed E-state index contributed by atoms with van der Waals surface area (Å²) in [6.07, 6.45) is -0.00132. The fourth-order valence-corrected chi connectivity index (χ4v) is 3.13. The van der Waals surface area contributed by atoms with Crippen molar-refractivity contribution >= 4 is 26.3 Å². The van der Waals surface area contributed by atoms with Crippen molar-refractivity contribution in [1.29, 1.82) is 0 Å². The number of hydrogen-bond donors (Lipinski definition) is 0. The Morgan fingerprint density at radius 1 is 1.24 bits per heavy atom. The van der Waals surface area contributed by atoms with Crippen LogP contribution in [0.25, 0.3) is 0 Å². The van der Waals surface area contributed by atoms with Crippen LogP contribution >= 0.6 is 0 Å². The minimum absolute atomic E-state index is 0.0239. The monoisotopic (exact) mass is 386 g/mol. The number of aryl methyl sites for hydroxylation is 1. The maximum absolute atomic E-state index is 12.4. The number of carbonyl (C=O) groups is 1. The quantitative estimate of drug-likeness (QED) is 0.188. The van der Waals surface area contributed by atoms with Gasteiger partial charge in [-0.3, -0.25) is 4.18 Å². The Bertz CT molecular complexity index is 669. The van der Waals surface area contributed by atoms with E-state index in [0.717, 1.165) is 28.3 Å². The van der Waals surface area contributed by atoms with Crippen molar-refractivity contribution in [2.75, 3.05) is 19.8 Å². The molecule has 25 heavy (non-hydrogen) atoms. The van der Waals surface area contributed by atoms with Crippen molar-refractivity contribution in [1.82, 2.24) is 0 Å². The van der Waals surface area contributed by atoms with Gasteiger partial charge in [0.25, 0.3) is 10.1 Å². The zero-order valence-electron chi connectivity index (χ0n) is 15.0. The summed E-state index contributed by atoms with van der Waals surface area (Å²) in [7, 11) is -2.89. The number of hydrogen-bond acceptors (Lipinski definition) is 6. The molecule has 1 rings (SSSR count). The van der Waals surface area contributed by atoms with Crippen LogP contribution in [0.1, 0.15) is 18.9 Å². The van der Waals surface area contributed by atoms with Crippen molar-refractivity contribution in [2.24, 2.45) is 0 Å². The Hall–Kier alpha value is -1.48. The Morgan fingerprint density at radius 2 is 1.88 bits per heavy atom. The zero-order valence-corrected chi connectivity index (χ0v) is 17.8. The molecule has 1 aromatic carbocycles. The third-order valence-electron chi connectivity index (χ3n) is 3.27. The van der Waals surface area contributed by atoms with Gasteiger partial charge in [-0.25, -0.2) is 4.79 Å². The van der Waals surface area contributed by atoms with Crippen LogP contribution < -0.4 is 0 Å². The van der Waals surface area contributed by atoms with Gasteiger partial charge in [-0.2, -0.15) is 8.42 Å². The molecular formula is C17H26O6SSi. The molecule has 0 aromatic heterocycles. The van der Waals surface area contributed by atoms with Gasteiger partial charge in [-0.1, -0.05) is 30.3 Å². The molecule has 0 heterocycles. The lowest BCUT2D eigenvalue weighted by atomic mass is 10.2. The van der Waals surface area contributed by atoms with Crippen molar-refractivity contribution in [3.8, 4) is 0 Å². The molecule has 0 N–H and O–H groups in total. The van der Waals surface area contributed by atoms with Gasteiger partial charge in [0.15, 0.2) is 0 Å². The standard InChI is InChI=1S/C17H26O6SSi/c1-13(2)17(18)22-12-15(11-21-9-4-10-25)23-24(19,20)16-7-5-14(3)6-8-16/h5-8,15H,1,4,9-12H2,2-3,25H3. The smallest absolute Gasteiger partial charge is 0.333 e. The van der Waals surface area contributed by atoms with E-state index in [1.807, 2.05) is 6.92 Å². The molecule has 0 aliphatic rings. The molecule has 0 aliphatic heterocycles. The molecule has 0 saturated carbocycles. The van der Waals surface area contributed by atoms with Crippen LogP contribution in [0.4, 0.5) is 0 Å². The van der Waals surface area contributed by atoms with Crippen LogP contribution in [0.5, 0.6) is 0 Å². The fraction of sp³-hybridized carbons (Fsp3) is 0.471. The van der Waals surface area contributed by atoms with Gasteiger partial charge in [0.05, 0.1) is 11.5 Å². The summed E-state index contributed by atoms with van der Waals surface area (Å²) in [5.74, 6) is -0.596. The van der Waals surface area contributed by atoms with Crippen LogP contribution in [0, 0.1) is 6.92 Å². The molecule has 1 atom stereocenters. The Morgan fingerprint density at radius 3 is 2.44 bits per heavy atom. The van der Waals surface area contributed by atoms with E-state index < -0.39 is 22.2 Å². The highest BCUT2D eigenvalue weighted by Gasteiger charge is 2.23. The average Bonchev–Trinajstić information content (AvgIpc) is 2.56. The molecule has 8 heteroatoms. The minimum atomic E-state index is -3.97. The number of benzene rings is 1. The summed E-state index contributed by atoms with van der Waals surface area (Å²) in [6, 6.07) is 7.42. The molecule has 0 bridgehead atoms. The van der Waals surface area contributed by atoms with Gasteiger partial charge < -0.3 is 9.47 Å². The Balaban J connectivity index is 2.77. The predicted molar refractivity (Wildman–Crippen MR) is 99.2 cm³/mol. The van der Waals surface area contributed by atoms with Gasteiger partial charge in [0, 0.05) is 22.4 Å². The normalized spacial score (nSPS) is 12.7. The van der Waals surface area contributed by atoms with E-state index in [9.17, 15) is 13.2 Å². The Labute approximate surface area is 152 Å². The topological polar surface area (TPSA) is 78.9 Å². The molecule has 0 saturated heterocycles. The number of esters is 1. The average molecular weight is 387 g/mol. The summed E-state index contributed by atoms with van der Waals surface area (Å²) < 4.78 is 40.5. The van der Waals surface area contributed by atoms with E-state index in [0.29, 0.717) is 6.61 Å². The molecule has 6 nitrogen and oxygen atoms in total. The lowest BCUT2D eigenvalue weighted by Crippen LogP contribution is -2.30. The highest BCUT2D eigenvalue weighted by atomic mass is 32.2. The molecule has 0 spiro atoms. The SMILES string of the molecule is C=C(C)C(=O)OCC(COCCC[SiH3])OS(=O)(=O)c1ccc(C)cc1. The lowest BCUT2D eigenvalue weighted by Gasteiger charge is -2.18. The molecule has 1 unspecified atom stereocenters. The van der Waals surface area contributed by atoms with Crippen molar-refractivity contribution in [3.63, 3.8) is 0 Å². The highest BCUT2D eigenvalue weighted by Crippen LogP contribution is 2.16. The third kappa shape index (κ3) is 7.96. The van der Waals surface area contributed by atoms with E-state index in [4.69, 9.17) is 13.7 Å². The van der Waals surface area contributed by atoms with E-state index in [-0.39, 0.29) is 23.7 Å². The summed E-state index contributed by atoms with van der Waals surface area (Å²) in [5, 5.41) is 0. The van der Waals surface area contributed by atoms with Crippen LogP contribution in [-0.2, 0) is 28.6 Å². The summed E-state index contributed by atoms with van der Waals surface area (Å²) in [6.45, 7) is 7.18. The molecule has 0 fully saturated rings. The zero-order chi connectivity index (χ0) is 18.9. The van der Waals surface area contributed by atoms with E-state index in [1.165, 1.54) is 19.1 Å². The van der Waals surface area contributed by atoms with Crippen molar-refractivity contribution < 1.29 is 26.9 Å². The molecule has 0 radical (unpaired) electrons. The van der Waals surface area contributed by atoms with Gasteiger partial charge in [-0.15, -0.1) is 0 Å². The molecule has 1 aromatic rings. The second kappa shape index (κ2) is 10.5. The first-order valence-corrected chi connectivity index (χ1v) is 11.0. The molecular weight excluding hydrogens is 360 g/mol. The van der Waals surface area contributed by atoms with Crippen LogP contribution in [0.2, 0.25) is 6.04 Å². The van der Waals surface area contributed by atoms with Gasteiger partial charge >= 0.3 is 5.97 Å². The van der Waals surface area contributed by atoms with Crippen molar-refractivity contribution in [2.45, 2.75) is 37.3 Å². The number of ether oxygens (including phenoxy) is 2. The first-order valence-electron chi connectivity index (χ1n) is 8.16. The van der Waals surface area contributed by atoms with E-state index in [1.54, 1.807) is 12.1 Å². The van der Waals surface area contributed by atoms with E-state index >= 15 is 0 Å². The number of carbonyl (C=O) groups excluding carboxylic acids is 1. The highest BCUT2D eigenvalue weighted by molar-refractivity contribution is 7.86. The maximum Gasteiger partial charge on any atom is 0.333 e. The molecule has 0 amide bonds. The van der Waals surface area contributed by atoms with Gasteiger partial charge in [-0.05, 0) is 32.4 Å². The van der Waals surface area contributed by atoms with Crippen LogP contribution in [-0.4, -0.2) is 50.6 Å². The van der Waals surface area contributed by atoms with Crippen molar-refractivity contribution in [3.05, 3.63) is 42.0 Å². The van der Waals surface area contributed by atoms with E-state index in [2.05, 4.69) is 6.58 Å². The first kappa shape index (κ1) is 21.6. The second-order valence-electron chi connectivity index (χ2n) is 5.79. The lowest BCUT2D eigenvalue weighted by molar-refractivity contribution is -0.142. The minimum Gasteiger partial charge on any atom is -0.459 e. The van der Waals surface area contributed by atoms with Crippen LogP contribution in [0.15, 0.2) is 41.3 Å². The summed E-state index contributed by atoms with van der Waals surface area (Å²) in [4.78, 5) is 11.6. The number of rotatable bonds is 11. The largest absolute Gasteiger partial charge is 0.459 e. The van der Waals surface area contributed by atoms with Crippen LogP contribution in [0.3, 0.4) is 0 Å². The third-order valence-corrected chi connectivity index (χ3v) is 5.35. The first-order chi connectivity index (χ1) is 11.8. The predicted octanol–water partition coefficient (Wildman–Crippen LogP) is 1.38. The molecule has 0 aliphatic carbocycles. The maximum atomic E-state index is 12.4. The Kier molecular flexibility index (Phi) is 9.05. The summed E-state index contributed by atoms with van der Waals surface area (Å²) in [5.41, 5.74) is 1.18. The summed E-state index contributed by atoms with van der Waals surface area (Å²) >= 11 is 0. The second-order valence-corrected chi connectivity index (χ2v) is 8.36. The van der Waals surface area contributed by atoms with Gasteiger partial charge in [0.1, 0.15) is 12.7 Å². The fourth-order valence-electron chi connectivity index (χ4n) is 1.80. The van der Waals surface area contributed by atoms with Gasteiger partial charge in [0.2, 0.25) is 0 Å². The molecule has 140 valence electrons.